The van der Waals surface area contributed by atoms with Crippen molar-refractivity contribution in [3.63, 3.8) is 0 Å². The van der Waals surface area contributed by atoms with Crippen molar-refractivity contribution < 1.29 is 9.53 Å². The maximum atomic E-state index is 11.9. The highest BCUT2D eigenvalue weighted by atomic mass is 16.5. The number of aromatic nitrogens is 7. The van der Waals surface area contributed by atoms with Gasteiger partial charge in [0.1, 0.15) is 6.54 Å². The van der Waals surface area contributed by atoms with Crippen LogP contribution in [-0.4, -0.2) is 47.8 Å². The van der Waals surface area contributed by atoms with Gasteiger partial charge >= 0.3 is 5.97 Å². The van der Waals surface area contributed by atoms with Crippen LogP contribution in [0.15, 0.2) is 0 Å². The molecule has 9 heteroatoms. The summed E-state index contributed by atoms with van der Waals surface area (Å²) in [7, 11) is 1.69. The lowest BCUT2D eigenvalue weighted by Crippen LogP contribution is -2.14. The number of carbonyl (C=O) groups excluding carboxylic acids is 1. The summed E-state index contributed by atoms with van der Waals surface area (Å²) >= 11 is 0. The topological polar surface area (TPSA) is 101 Å². The average molecular weight is 293 g/mol. The molecule has 0 N–H and O–H groups in total. The third kappa shape index (κ3) is 3.61. The van der Waals surface area contributed by atoms with E-state index in [1.807, 2.05) is 0 Å². The molecule has 0 saturated heterocycles. The molecule has 114 valence electrons. The molecule has 0 saturated carbocycles. The predicted molar refractivity (Wildman–Crippen MR) is 72.4 cm³/mol. The van der Waals surface area contributed by atoms with Gasteiger partial charge in [0.2, 0.25) is 0 Å². The SMILES string of the molecule is CCOC(=O)c1nnn(Cc2nnn(C)n2)c1CC(C)C. The summed E-state index contributed by atoms with van der Waals surface area (Å²) in [4.78, 5) is 13.3. The Morgan fingerprint density at radius 1 is 1.29 bits per heavy atom. The van der Waals surface area contributed by atoms with Gasteiger partial charge in [-0.2, -0.15) is 4.80 Å². The van der Waals surface area contributed by atoms with E-state index in [0.29, 0.717) is 31.3 Å². The van der Waals surface area contributed by atoms with Gasteiger partial charge in [0.25, 0.3) is 0 Å². The van der Waals surface area contributed by atoms with Crippen LogP contribution in [0.1, 0.15) is 42.8 Å². The standard InChI is InChI=1S/C12H19N7O2/c1-5-21-12(20)11-9(6-8(2)3)19(17-14-11)7-10-13-16-18(4)15-10/h8H,5-7H2,1-4H3. The molecule has 0 aliphatic carbocycles. The van der Waals surface area contributed by atoms with Crippen molar-refractivity contribution in [2.75, 3.05) is 6.61 Å². The Balaban J connectivity index is 2.29. The second kappa shape index (κ2) is 6.42. The van der Waals surface area contributed by atoms with E-state index < -0.39 is 5.97 Å². The van der Waals surface area contributed by atoms with Gasteiger partial charge in [0.15, 0.2) is 11.5 Å². The van der Waals surface area contributed by atoms with Gasteiger partial charge in [-0.05, 0) is 24.5 Å². The Labute approximate surface area is 122 Å². The van der Waals surface area contributed by atoms with Crippen molar-refractivity contribution in [3.8, 4) is 0 Å². The molecule has 9 nitrogen and oxygen atoms in total. The molecule has 0 radical (unpaired) electrons. The first-order valence-electron chi connectivity index (χ1n) is 6.83. The summed E-state index contributed by atoms with van der Waals surface area (Å²) in [6.45, 7) is 6.51. The first-order chi connectivity index (χ1) is 10.0. The maximum absolute atomic E-state index is 11.9. The lowest BCUT2D eigenvalue weighted by Gasteiger charge is -2.08. The molecule has 0 amide bonds. The molecule has 0 aromatic carbocycles. The van der Waals surface area contributed by atoms with E-state index in [1.165, 1.54) is 4.80 Å². The number of esters is 1. The molecular formula is C12H19N7O2. The van der Waals surface area contributed by atoms with E-state index in [-0.39, 0.29) is 5.69 Å². The van der Waals surface area contributed by atoms with Crippen LogP contribution in [0.25, 0.3) is 0 Å². The number of nitrogens with zero attached hydrogens (tertiary/aromatic N) is 7. The van der Waals surface area contributed by atoms with E-state index >= 15 is 0 Å². The average Bonchev–Trinajstić information content (AvgIpc) is 2.97. The van der Waals surface area contributed by atoms with E-state index in [2.05, 4.69) is 39.6 Å². The lowest BCUT2D eigenvalue weighted by molar-refractivity contribution is 0.0517. The van der Waals surface area contributed by atoms with Gasteiger partial charge in [-0.15, -0.1) is 15.3 Å². The van der Waals surface area contributed by atoms with Gasteiger partial charge in [0, 0.05) is 0 Å². The van der Waals surface area contributed by atoms with E-state index in [1.54, 1.807) is 18.7 Å². The van der Waals surface area contributed by atoms with E-state index in [4.69, 9.17) is 4.74 Å². The Kier molecular flexibility index (Phi) is 4.61. The minimum absolute atomic E-state index is 0.259. The first-order valence-corrected chi connectivity index (χ1v) is 6.83. The molecule has 2 heterocycles. The number of hydrogen-bond acceptors (Lipinski definition) is 7. The summed E-state index contributed by atoms with van der Waals surface area (Å²) in [6.07, 6.45) is 0.668. The van der Waals surface area contributed by atoms with Gasteiger partial charge in [-0.3, -0.25) is 0 Å². The first kappa shape index (κ1) is 15.1. The summed E-state index contributed by atoms with van der Waals surface area (Å²) in [5, 5.41) is 19.8. The molecule has 0 atom stereocenters. The molecule has 0 aliphatic heterocycles. The number of carbonyl (C=O) groups is 1. The smallest absolute Gasteiger partial charge is 0.360 e. The van der Waals surface area contributed by atoms with Crippen molar-refractivity contribution in [2.45, 2.75) is 33.7 Å². The van der Waals surface area contributed by atoms with Gasteiger partial charge < -0.3 is 4.74 Å². The monoisotopic (exact) mass is 293 g/mol. The maximum Gasteiger partial charge on any atom is 0.360 e. The van der Waals surface area contributed by atoms with Gasteiger partial charge in [0.05, 0.1) is 19.3 Å². The molecule has 2 rings (SSSR count). The zero-order valence-corrected chi connectivity index (χ0v) is 12.6. The Bertz CT molecular complexity index is 617. The van der Waals surface area contributed by atoms with Crippen LogP contribution < -0.4 is 0 Å². The highest BCUT2D eigenvalue weighted by molar-refractivity contribution is 5.88. The van der Waals surface area contributed by atoms with Crippen LogP contribution in [0.4, 0.5) is 0 Å². The number of aryl methyl sites for hydroxylation is 1. The van der Waals surface area contributed by atoms with Crippen LogP contribution >= 0.6 is 0 Å². The predicted octanol–water partition coefficient (Wildman–Crippen LogP) is 0.225. The molecule has 0 bridgehead atoms. The molecule has 21 heavy (non-hydrogen) atoms. The quantitative estimate of drug-likeness (QED) is 0.702. The zero-order valence-electron chi connectivity index (χ0n) is 12.6. The fourth-order valence-electron chi connectivity index (χ4n) is 1.93. The highest BCUT2D eigenvalue weighted by Crippen LogP contribution is 2.14. The highest BCUT2D eigenvalue weighted by Gasteiger charge is 2.22. The number of rotatable bonds is 6. The van der Waals surface area contributed by atoms with E-state index in [0.717, 1.165) is 5.69 Å². The van der Waals surface area contributed by atoms with Crippen molar-refractivity contribution in [2.24, 2.45) is 13.0 Å². The van der Waals surface area contributed by atoms with Crippen LogP contribution in [0.5, 0.6) is 0 Å². The second-order valence-corrected chi connectivity index (χ2v) is 5.06. The van der Waals surface area contributed by atoms with Gasteiger partial charge in [-0.25, -0.2) is 9.48 Å². The Morgan fingerprint density at radius 3 is 2.62 bits per heavy atom. The minimum Gasteiger partial charge on any atom is -0.461 e. The molecule has 2 aromatic rings. The molecule has 0 aliphatic rings. The van der Waals surface area contributed by atoms with Crippen LogP contribution in [0.3, 0.4) is 0 Å². The molecule has 0 fully saturated rings. The summed E-state index contributed by atoms with van der Waals surface area (Å²) in [5.41, 5.74) is 0.991. The van der Waals surface area contributed by atoms with Gasteiger partial charge in [-0.1, -0.05) is 19.1 Å². The summed E-state index contributed by atoms with van der Waals surface area (Å²) in [5.74, 6) is 0.416. The van der Waals surface area contributed by atoms with Crippen molar-refractivity contribution in [1.29, 1.82) is 0 Å². The molecule has 2 aromatic heterocycles. The largest absolute Gasteiger partial charge is 0.461 e. The zero-order chi connectivity index (χ0) is 15.4. The third-order valence-electron chi connectivity index (χ3n) is 2.75. The Morgan fingerprint density at radius 2 is 2.05 bits per heavy atom. The van der Waals surface area contributed by atoms with Crippen LogP contribution in [0, 0.1) is 5.92 Å². The Hall–Kier alpha value is -2.32. The van der Waals surface area contributed by atoms with Crippen molar-refractivity contribution in [1.82, 2.24) is 35.2 Å². The van der Waals surface area contributed by atoms with Crippen molar-refractivity contribution >= 4 is 5.97 Å². The summed E-state index contributed by atoms with van der Waals surface area (Å²) in [6, 6.07) is 0. The fraction of sp³-hybridized carbons (Fsp3) is 0.667. The molecular weight excluding hydrogens is 274 g/mol. The number of tetrazole rings is 1. The molecule has 0 spiro atoms. The molecule has 0 unspecified atom stereocenters. The van der Waals surface area contributed by atoms with Crippen LogP contribution in [0.2, 0.25) is 0 Å². The fourth-order valence-corrected chi connectivity index (χ4v) is 1.93. The lowest BCUT2D eigenvalue weighted by atomic mass is 10.1. The number of hydrogen-bond donors (Lipinski definition) is 0. The number of ether oxygens (including phenoxy) is 1. The van der Waals surface area contributed by atoms with E-state index in [9.17, 15) is 4.79 Å². The van der Waals surface area contributed by atoms with Crippen LogP contribution in [-0.2, 0) is 24.8 Å². The minimum atomic E-state index is -0.452. The van der Waals surface area contributed by atoms with Crippen molar-refractivity contribution in [3.05, 3.63) is 17.2 Å². The normalized spacial score (nSPS) is 11.1. The second-order valence-electron chi connectivity index (χ2n) is 5.06. The summed E-state index contributed by atoms with van der Waals surface area (Å²) < 4.78 is 6.64. The third-order valence-corrected chi connectivity index (χ3v) is 2.75.